The smallest absolute Gasteiger partial charge is 0.182 e. The number of rotatable bonds is 2. The van der Waals surface area contributed by atoms with Crippen LogP contribution in [-0.4, -0.2) is 33.3 Å². The Kier molecular flexibility index (Phi) is 3.14. The van der Waals surface area contributed by atoms with Gasteiger partial charge in [0, 0.05) is 19.1 Å². The fourth-order valence-corrected chi connectivity index (χ4v) is 4.29. The molecule has 0 saturated carbocycles. The van der Waals surface area contributed by atoms with Crippen molar-refractivity contribution in [1.29, 1.82) is 0 Å². The number of fused-ring (bicyclic) bond motifs is 1. The Morgan fingerprint density at radius 2 is 2.18 bits per heavy atom. The molecule has 1 aromatic rings. The van der Waals surface area contributed by atoms with Gasteiger partial charge in [0.1, 0.15) is 0 Å². The summed E-state index contributed by atoms with van der Waals surface area (Å²) in [5.74, 6) is 0.170. The maximum absolute atomic E-state index is 12.1. The van der Waals surface area contributed by atoms with Crippen LogP contribution in [0.25, 0.3) is 0 Å². The molecule has 94 valence electrons. The zero-order valence-corrected chi connectivity index (χ0v) is 11.0. The summed E-state index contributed by atoms with van der Waals surface area (Å²) in [6.07, 6.45) is 0. The molecule has 1 heterocycles. The molecule has 0 saturated heterocycles. The molecule has 0 bridgehead atoms. The second-order valence-electron chi connectivity index (χ2n) is 4.53. The van der Waals surface area contributed by atoms with Gasteiger partial charge in [-0.15, -0.1) is 0 Å². The van der Waals surface area contributed by atoms with Crippen LogP contribution in [0.2, 0.25) is 0 Å². The Morgan fingerprint density at radius 1 is 1.47 bits per heavy atom. The van der Waals surface area contributed by atoms with Crippen LogP contribution < -0.4 is 10.6 Å². The monoisotopic (exact) mass is 254 g/mol. The fraction of sp³-hybridized carbons (Fsp3) is 0.500. The van der Waals surface area contributed by atoms with E-state index in [1.165, 1.54) is 0 Å². The average molecular weight is 254 g/mol. The fourth-order valence-electron chi connectivity index (χ4n) is 2.44. The van der Waals surface area contributed by atoms with Crippen molar-refractivity contribution >= 4 is 15.5 Å². The second kappa shape index (κ2) is 4.31. The average Bonchev–Trinajstić information content (AvgIpc) is 2.24. The first-order valence-electron chi connectivity index (χ1n) is 5.76. The predicted octanol–water partition coefficient (Wildman–Crippen LogP) is 0.936. The van der Waals surface area contributed by atoms with Crippen molar-refractivity contribution in [3.63, 3.8) is 0 Å². The standard InChI is InChI=1S/C12H18N2O2S/c1-9-4-3-5-11-12(9)14(7-6-13)10(2)8-17(11,15)16/h3-5,10H,6-8,13H2,1-2H3. The summed E-state index contributed by atoms with van der Waals surface area (Å²) in [5, 5.41) is 0. The number of benzene rings is 1. The summed E-state index contributed by atoms with van der Waals surface area (Å²) in [6, 6.07) is 5.41. The molecule has 0 radical (unpaired) electrons. The summed E-state index contributed by atoms with van der Waals surface area (Å²) < 4.78 is 24.3. The van der Waals surface area contributed by atoms with E-state index in [1.807, 2.05) is 19.9 Å². The van der Waals surface area contributed by atoms with Gasteiger partial charge in [0.25, 0.3) is 0 Å². The summed E-state index contributed by atoms with van der Waals surface area (Å²) in [6.45, 7) is 5.09. The number of nitrogens with two attached hydrogens (primary N) is 1. The third-order valence-corrected chi connectivity index (χ3v) is 5.11. The normalized spacial score (nSPS) is 22.3. The summed E-state index contributed by atoms with van der Waals surface area (Å²) >= 11 is 0. The number of sulfone groups is 1. The van der Waals surface area contributed by atoms with Gasteiger partial charge in [0.05, 0.1) is 16.3 Å². The molecular weight excluding hydrogens is 236 g/mol. The molecule has 0 aliphatic carbocycles. The number of nitrogens with zero attached hydrogens (tertiary/aromatic N) is 1. The largest absolute Gasteiger partial charge is 0.365 e. The van der Waals surface area contributed by atoms with E-state index in [-0.39, 0.29) is 11.8 Å². The molecule has 1 atom stereocenters. The molecule has 0 spiro atoms. The van der Waals surface area contributed by atoms with Gasteiger partial charge >= 0.3 is 0 Å². The van der Waals surface area contributed by atoms with Gasteiger partial charge in [-0.2, -0.15) is 0 Å². The predicted molar refractivity (Wildman–Crippen MR) is 69.1 cm³/mol. The van der Waals surface area contributed by atoms with E-state index in [1.54, 1.807) is 12.1 Å². The lowest BCUT2D eigenvalue weighted by molar-refractivity contribution is 0.571. The van der Waals surface area contributed by atoms with E-state index in [9.17, 15) is 8.42 Å². The molecule has 1 unspecified atom stereocenters. The van der Waals surface area contributed by atoms with Crippen LogP contribution >= 0.6 is 0 Å². The van der Waals surface area contributed by atoms with Gasteiger partial charge in [-0.05, 0) is 25.5 Å². The van der Waals surface area contributed by atoms with Gasteiger partial charge < -0.3 is 10.6 Å². The van der Waals surface area contributed by atoms with Crippen molar-refractivity contribution in [3.05, 3.63) is 23.8 Å². The SMILES string of the molecule is Cc1cccc2c1N(CCN)C(C)CS2(=O)=O. The van der Waals surface area contributed by atoms with E-state index >= 15 is 0 Å². The van der Waals surface area contributed by atoms with Gasteiger partial charge in [0.15, 0.2) is 9.84 Å². The van der Waals surface area contributed by atoms with Crippen molar-refractivity contribution in [3.8, 4) is 0 Å². The number of anilines is 1. The lowest BCUT2D eigenvalue weighted by Gasteiger charge is -2.37. The topological polar surface area (TPSA) is 63.4 Å². The molecule has 0 aromatic heterocycles. The molecule has 2 N–H and O–H groups in total. The molecule has 1 aliphatic heterocycles. The summed E-state index contributed by atoms with van der Waals surface area (Å²) in [5.41, 5.74) is 7.43. The Balaban J connectivity index is 2.64. The van der Waals surface area contributed by atoms with Gasteiger partial charge in [-0.25, -0.2) is 8.42 Å². The first-order chi connectivity index (χ1) is 7.97. The van der Waals surface area contributed by atoms with E-state index in [2.05, 4.69) is 4.90 Å². The minimum atomic E-state index is -3.15. The maximum Gasteiger partial charge on any atom is 0.182 e. The third-order valence-electron chi connectivity index (χ3n) is 3.19. The minimum Gasteiger partial charge on any atom is -0.365 e. The Bertz CT molecular complexity index is 525. The summed E-state index contributed by atoms with van der Waals surface area (Å²) in [4.78, 5) is 2.55. The number of hydrogen-bond donors (Lipinski definition) is 1. The van der Waals surface area contributed by atoms with Crippen molar-refractivity contribution in [2.75, 3.05) is 23.7 Å². The molecule has 2 rings (SSSR count). The van der Waals surface area contributed by atoms with E-state index in [0.717, 1.165) is 11.3 Å². The Labute approximate surface area is 102 Å². The van der Waals surface area contributed by atoms with Crippen LogP contribution in [0.3, 0.4) is 0 Å². The van der Waals surface area contributed by atoms with Crippen LogP contribution in [0, 0.1) is 6.92 Å². The second-order valence-corrected chi connectivity index (χ2v) is 6.54. The van der Waals surface area contributed by atoms with Gasteiger partial charge in [0.2, 0.25) is 0 Å². The lowest BCUT2D eigenvalue weighted by atomic mass is 10.1. The highest BCUT2D eigenvalue weighted by Crippen LogP contribution is 2.35. The molecular formula is C12H18N2O2S. The van der Waals surface area contributed by atoms with Gasteiger partial charge in [-0.1, -0.05) is 12.1 Å². The quantitative estimate of drug-likeness (QED) is 0.853. The third kappa shape index (κ3) is 2.05. The van der Waals surface area contributed by atoms with Crippen molar-refractivity contribution in [2.24, 2.45) is 5.73 Å². The highest BCUT2D eigenvalue weighted by Gasteiger charge is 2.33. The number of hydrogen-bond acceptors (Lipinski definition) is 4. The molecule has 17 heavy (non-hydrogen) atoms. The van der Waals surface area contributed by atoms with Crippen LogP contribution in [0.15, 0.2) is 23.1 Å². The molecule has 1 aromatic carbocycles. The zero-order valence-electron chi connectivity index (χ0n) is 10.2. The number of aryl methyl sites for hydroxylation is 1. The van der Waals surface area contributed by atoms with Crippen LogP contribution in [0.5, 0.6) is 0 Å². The highest BCUT2D eigenvalue weighted by molar-refractivity contribution is 7.91. The highest BCUT2D eigenvalue weighted by atomic mass is 32.2. The van der Waals surface area contributed by atoms with Gasteiger partial charge in [-0.3, -0.25) is 0 Å². The Morgan fingerprint density at radius 3 is 2.82 bits per heavy atom. The van der Waals surface area contributed by atoms with Crippen molar-refractivity contribution in [2.45, 2.75) is 24.8 Å². The van der Waals surface area contributed by atoms with Crippen LogP contribution in [-0.2, 0) is 9.84 Å². The first kappa shape index (κ1) is 12.4. The zero-order chi connectivity index (χ0) is 12.6. The lowest BCUT2D eigenvalue weighted by Crippen LogP contribution is -2.45. The van der Waals surface area contributed by atoms with E-state index in [4.69, 9.17) is 5.73 Å². The Hall–Kier alpha value is -1.07. The van der Waals surface area contributed by atoms with Crippen LogP contribution in [0.4, 0.5) is 5.69 Å². The van der Waals surface area contributed by atoms with Crippen molar-refractivity contribution in [1.82, 2.24) is 0 Å². The first-order valence-corrected chi connectivity index (χ1v) is 7.41. The minimum absolute atomic E-state index is 0.0165. The molecule has 0 amide bonds. The van der Waals surface area contributed by atoms with Crippen LogP contribution in [0.1, 0.15) is 12.5 Å². The molecule has 4 nitrogen and oxygen atoms in total. The van der Waals surface area contributed by atoms with E-state index in [0.29, 0.717) is 18.0 Å². The van der Waals surface area contributed by atoms with E-state index < -0.39 is 9.84 Å². The molecule has 1 aliphatic rings. The molecule has 5 heteroatoms. The molecule has 0 fully saturated rings. The summed E-state index contributed by atoms with van der Waals surface area (Å²) in [7, 11) is -3.15. The number of para-hydroxylation sites is 1. The van der Waals surface area contributed by atoms with Crippen molar-refractivity contribution < 1.29 is 8.42 Å². The maximum atomic E-state index is 12.1.